The summed E-state index contributed by atoms with van der Waals surface area (Å²) in [6, 6.07) is 48.9. The fourth-order valence-corrected chi connectivity index (χ4v) is 4.95. The number of hydrogen-bond acceptors (Lipinski definition) is 4. The zero-order valence-corrected chi connectivity index (χ0v) is 27.9. The summed E-state index contributed by atoms with van der Waals surface area (Å²) in [5, 5.41) is 0. The maximum atomic E-state index is 5.03. The van der Waals surface area contributed by atoms with Gasteiger partial charge in [0.05, 0.1) is 0 Å². The molecule has 0 bridgehead atoms. The van der Waals surface area contributed by atoms with Gasteiger partial charge in [0, 0.05) is 22.2 Å². The minimum Gasteiger partial charge on any atom is -0.353 e. The van der Waals surface area contributed by atoms with Gasteiger partial charge < -0.3 is 19.9 Å². The van der Waals surface area contributed by atoms with Crippen molar-refractivity contribution in [1.82, 2.24) is 19.9 Å². The Morgan fingerprint density at radius 3 is 1.20 bits per heavy atom. The number of benzene rings is 2. The molecule has 0 radical (unpaired) electrons. The second kappa shape index (κ2) is 14.0. The van der Waals surface area contributed by atoms with Crippen LogP contribution in [0.15, 0.2) is 109 Å². The minimum absolute atomic E-state index is 0. The third-order valence-corrected chi connectivity index (χ3v) is 7.64. The normalized spacial score (nSPS) is 11.3. The Hall–Kier alpha value is -3.64. The molecule has 0 fully saturated rings. The summed E-state index contributed by atoms with van der Waals surface area (Å²) in [7, 11) is 0. The van der Waals surface area contributed by atoms with E-state index in [4.69, 9.17) is 19.9 Å². The first-order valence-corrected chi connectivity index (χ1v) is 14.0. The molecule has 0 N–H and O–H groups in total. The van der Waals surface area contributed by atoms with Crippen molar-refractivity contribution in [2.75, 3.05) is 0 Å². The average molecular weight is 756 g/mol. The first-order valence-electron chi connectivity index (χ1n) is 14.0. The van der Waals surface area contributed by atoms with E-state index < -0.39 is 10.8 Å². The van der Waals surface area contributed by atoms with Crippen LogP contribution in [0.3, 0.4) is 0 Å². The van der Waals surface area contributed by atoms with Crippen LogP contribution in [-0.2, 0) is 51.7 Å². The summed E-state index contributed by atoms with van der Waals surface area (Å²) in [5.74, 6) is 0. The first kappa shape index (κ1) is 33.3. The summed E-state index contributed by atoms with van der Waals surface area (Å²) in [5.41, 5.74) is 7.69. The number of pyridine rings is 4. The van der Waals surface area contributed by atoms with E-state index in [2.05, 4.69) is 52.0 Å². The van der Waals surface area contributed by atoms with Gasteiger partial charge in [-0.3, -0.25) is 0 Å². The Bertz CT molecular complexity index is 1700. The largest absolute Gasteiger partial charge is 2.00 e. The topological polar surface area (TPSA) is 51.6 Å². The molecule has 0 atom stereocenters. The molecule has 4 heterocycles. The maximum absolute atomic E-state index is 5.03. The monoisotopic (exact) mass is 754 g/mol. The molecule has 0 aliphatic carbocycles. The standard InChI is InChI=1S/C38H30N4.2Pd/c1-37(2,33-23-11-19-29(39-33)27-15-7-5-8-16-27)35-25-13-21-31(41-35)32-22-14-26-36(42-32)38(3,4)34-24-12-20-30(40-34)28-17-9-6-10-18-28;;/h5-15,17,19-20,23-26H,1-4H3;;/q-4;2*+2. The van der Waals surface area contributed by atoms with Gasteiger partial charge >= 0.3 is 40.8 Å². The van der Waals surface area contributed by atoms with E-state index >= 15 is 0 Å². The summed E-state index contributed by atoms with van der Waals surface area (Å²) in [4.78, 5) is 20.0. The Labute approximate surface area is 287 Å². The molecule has 0 amide bonds. The Morgan fingerprint density at radius 1 is 0.409 bits per heavy atom. The molecule has 4 aromatic heterocycles. The van der Waals surface area contributed by atoms with Crippen molar-refractivity contribution >= 4 is 0 Å². The van der Waals surface area contributed by atoms with E-state index in [1.807, 2.05) is 109 Å². The van der Waals surface area contributed by atoms with Gasteiger partial charge in [0.15, 0.2) is 0 Å². The molecule has 0 unspecified atom stereocenters. The van der Waals surface area contributed by atoms with Crippen LogP contribution in [0.1, 0.15) is 50.5 Å². The van der Waals surface area contributed by atoms with Gasteiger partial charge in [-0.15, -0.1) is 95.3 Å². The zero-order valence-electron chi connectivity index (χ0n) is 24.8. The maximum Gasteiger partial charge on any atom is 2.00 e. The molecule has 0 spiro atoms. The summed E-state index contributed by atoms with van der Waals surface area (Å²) < 4.78 is 0. The minimum atomic E-state index is -0.454. The molecule has 0 saturated heterocycles. The molecule has 6 rings (SSSR count). The van der Waals surface area contributed by atoms with Crippen molar-refractivity contribution < 1.29 is 40.8 Å². The van der Waals surface area contributed by atoms with Crippen LogP contribution in [0.4, 0.5) is 0 Å². The molecule has 0 saturated carbocycles. The van der Waals surface area contributed by atoms with E-state index in [-0.39, 0.29) is 40.8 Å². The van der Waals surface area contributed by atoms with Crippen LogP contribution >= 0.6 is 0 Å². The van der Waals surface area contributed by atoms with Gasteiger partial charge in [-0.05, 0) is 62.6 Å². The smallest absolute Gasteiger partial charge is 0.353 e. The van der Waals surface area contributed by atoms with Gasteiger partial charge in [-0.2, -0.15) is 12.1 Å². The van der Waals surface area contributed by atoms with Crippen LogP contribution in [0.25, 0.3) is 33.9 Å². The first-order chi connectivity index (χ1) is 20.3. The molecule has 222 valence electrons. The van der Waals surface area contributed by atoms with E-state index in [1.54, 1.807) is 0 Å². The van der Waals surface area contributed by atoms with Gasteiger partial charge in [-0.25, -0.2) is 12.1 Å². The van der Waals surface area contributed by atoms with Gasteiger partial charge in [0.1, 0.15) is 0 Å². The Balaban J connectivity index is 0.00000221. The molecule has 6 heteroatoms. The Kier molecular flexibility index (Phi) is 10.6. The number of hydrogen-bond donors (Lipinski definition) is 0. The Morgan fingerprint density at radius 2 is 0.818 bits per heavy atom. The zero-order chi connectivity index (χ0) is 29.2. The van der Waals surface area contributed by atoms with Crippen molar-refractivity contribution in [2.24, 2.45) is 0 Å². The van der Waals surface area contributed by atoms with Crippen LogP contribution in [-0.4, -0.2) is 19.9 Å². The number of aromatic nitrogens is 4. The van der Waals surface area contributed by atoms with E-state index in [0.29, 0.717) is 11.4 Å². The van der Waals surface area contributed by atoms with Crippen molar-refractivity contribution in [2.45, 2.75) is 38.5 Å². The quantitative estimate of drug-likeness (QED) is 0.122. The fraction of sp³-hybridized carbons (Fsp3) is 0.158. The molecule has 44 heavy (non-hydrogen) atoms. The van der Waals surface area contributed by atoms with Crippen molar-refractivity contribution in [3.8, 4) is 33.9 Å². The second-order valence-corrected chi connectivity index (χ2v) is 11.3. The number of rotatable bonds is 7. The molecular formula is C38H30N4Pd2. The summed E-state index contributed by atoms with van der Waals surface area (Å²) in [6.07, 6.45) is 0. The van der Waals surface area contributed by atoms with E-state index in [1.165, 1.54) is 0 Å². The molecule has 0 aliphatic rings. The SMILES string of the molecule is CC(C)(c1cc[c-]c(-c2[c-]ccc(C(C)(C)c3cccc(-c4[c-]cccc4)n3)n2)n1)c1cccc(-c2[c-]cccc2)n1.[Pd+2].[Pd+2]. The summed E-state index contributed by atoms with van der Waals surface area (Å²) >= 11 is 0. The van der Waals surface area contributed by atoms with E-state index in [0.717, 1.165) is 45.3 Å². The van der Waals surface area contributed by atoms with Crippen LogP contribution in [0.5, 0.6) is 0 Å². The molecule has 0 aliphatic heterocycles. The fourth-order valence-electron chi connectivity index (χ4n) is 4.95. The van der Waals surface area contributed by atoms with Crippen LogP contribution < -0.4 is 0 Å². The van der Waals surface area contributed by atoms with Crippen molar-refractivity contribution in [1.29, 1.82) is 0 Å². The predicted octanol–water partition coefficient (Wildman–Crippen LogP) is 8.12. The van der Waals surface area contributed by atoms with Gasteiger partial charge in [0.2, 0.25) is 0 Å². The van der Waals surface area contributed by atoms with Crippen molar-refractivity contribution in [3.05, 3.63) is 156 Å². The summed E-state index contributed by atoms with van der Waals surface area (Å²) in [6.45, 7) is 8.55. The second-order valence-electron chi connectivity index (χ2n) is 11.3. The molecular weight excluding hydrogens is 725 g/mol. The molecule has 6 aromatic rings. The van der Waals surface area contributed by atoms with Crippen LogP contribution in [0.2, 0.25) is 0 Å². The molecule has 2 aromatic carbocycles. The predicted molar refractivity (Wildman–Crippen MR) is 166 cm³/mol. The number of nitrogens with zero attached hydrogens (tertiary/aromatic N) is 4. The van der Waals surface area contributed by atoms with E-state index in [9.17, 15) is 0 Å². The van der Waals surface area contributed by atoms with Gasteiger partial charge in [0.25, 0.3) is 0 Å². The third kappa shape index (κ3) is 6.86. The average Bonchev–Trinajstić information content (AvgIpc) is 3.06. The van der Waals surface area contributed by atoms with Crippen molar-refractivity contribution in [3.63, 3.8) is 0 Å². The van der Waals surface area contributed by atoms with Crippen LogP contribution in [0, 0.1) is 24.3 Å². The third-order valence-electron chi connectivity index (χ3n) is 7.64. The van der Waals surface area contributed by atoms with Gasteiger partial charge in [-0.1, -0.05) is 24.3 Å². The molecule has 4 nitrogen and oxygen atoms in total.